The molecule has 0 radical (unpaired) electrons. The monoisotopic (exact) mass is 322 g/mol. The van der Waals surface area contributed by atoms with Gasteiger partial charge < -0.3 is 14.9 Å². The summed E-state index contributed by atoms with van der Waals surface area (Å²) < 4.78 is 4.56. The van der Waals surface area contributed by atoms with Crippen LogP contribution in [0.3, 0.4) is 0 Å². The third-order valence-corrected chi connectivity index (χ3v) is 3.35. The molecule has 0 fully saturated rings. The molecule has 0 aliphatic carbocycles. The van der Waals surface area contributed by atoms with Gasteiger partial charge in [-0.15, -0.1) is 5.92 Å². The number of aliphatic hydroxyl groups is 2. The first kappa shape index (κ1) is 21.4. The molecule has 130 valence electrons. The fourth-order valence-corrected chi connectivity index (χ4v) is 1.82. The fourth-order valence-electron chi connectivity index (χ4n) is 1.82. The Morgan fingerprint density at radius 2 is 1.83 bits per heavy atom. The summed E-state index contributed by atoms with van der Waals surface area (Å²) in [7, 11) is 1.40. The lowest BCUT2D eigenvalue weighted by Crippen LogP contribution is -2.23. The number of aliphatic hydroxyl groups excluding tert-OH is 2. The Morgan fingerprint density at radius 1 is 1.09 bits per heavy atom. The lowest BCUT2D eigenvalue weighted by atomic mass is 10.1. The molecule has 0 aromatic rings. The zero-order valence-electron chi connectivity index (χ0n) is 14.3. The number of methoxy groups -OCH3 is 1. The van der Waals surface area contributed by atoms with Crippen LogP contribution in [0.4, 0.5) is 0 Å². The van der Waals surface area contributed by atoms with Crippen LogP contribution in [0.15, 0.2) is 24.3 Å². The van der Waals surface area contributed by atoms with Crippen LogP contribution >= 0.6 is 0 Å². The highest BCUT2D eigenvalue weighted by Crippen LogP contribution is 2.04. The van der Waals surface area contributed by atoms with E-state index in [1.54, 1.807) is 0 Å². The number of allylic oxidation sites excluding steroid dienone is 3. The SMILES string of the molecule is CCC(O)C(O)C/C=C\C/C=C\CC#CCCCCC(=O)OC. The van der Waals surface area contributed by atoms with Gasteiger partial charge in [-0.05, 0) is 32.1 Å². The molecule has 0 spiro atoms. The van der Waals surface area contributed by atoms with Crippen LogP contribution in [0.1, 0.15) is 58.3 Å². The molecule has 0 aromatic carbocycles. The third-order valence-electron chi connectivity index (χ3n) is 3.35. The molecule has 0 saturated carbocycles. The number of hydrogen-bond donors (Lipinski definition) is 2. The molecule has 4 nitrogen and oxygen atoms in total. The molecule has 0 aliphatic heterocycles. The lowest BCUT2D eigenvalue weighted by Gasteiger charge is -2.13. The number of carbonyl (C=O) groups is 1. The molecular formula is C19H30O4. The molecule has 2 N–H and O–H groups in total. The summed E-state index contributed by atoms with van der Waals surface area (Å²) in [5.41, 5.74) is 0. The number of rotatable bonds is 11. The second kappa shape index (κ2) is 15.3. The van der Waals surface area contributed by atoms with E-state index in [9.17, 15) is 15.0 Å². The van der Waals surface area contributed by atoms with E-state index >= 15 is 0 Å². The van der Waals surface area contributed by atoms with Gasteiger partial charge >= 0.3 is 5.97 Å². The van der Waals surface area contributed by atoms with Crippen LogP contribution in [0.25, 0.3) is 0 Å². The second-order valence-electron chi connectivity index (χ2n) is 5.30. The van der Waals surface area contributed by atoms with Crippen molar-refractivity contribution in [1.82, 2.24) is 0 Å². The van der Waals surface area contributed by atoms with E-state index in [4.69, 9.17) is 0 Å². The van der Waals surface area contributed by atoms with Gasteiger partial charge in [-0.1, -0.05) is 37.1 Å². The van der Waals surface area contributed by atoms with Gasteiger partial charge in [0.1, 0.15) is 0 Å². The van der Waals surface area contributed by atoms with Crippen molar-refractivity contribution in [3.8, 4) is 11.8 Å². The number of carbonyl (C=O) groups excluding carboxylic acids is 1. The first-order valence-electron chi connectivity index (χ1n) is 8.30. The molecule has 2 atom stereocenters. The van der Waals surface area contributed by atoms with Gasteiger partial charge in [0.05, 0.1) is 19.3 Å². The van der Waals surface area contributed by atoms with E-state index < -0.39 is 12.2 Å². The maximum Gasteiger partial charge on any atom is 0.305 e. The van der Waals surface area contributed by atoms with Crippen molar-refractivity contribution in [2.45, 2.75) is 70.5 Å². The highest BCUT2D eigenvalue weighted by atomic mass is 16.5. The van der Waals surface area contributed by atoms with Crippen molar-refractivity contribution in [1.29, 1.82) is 0 Å². The summed E-state index contributed by atoms with van der Waals surface area (Å²) in [6.45, 7) is 1.85. The molecule has 0 saturated heterocycles. The zero-order valence-corrected chi connectivity index (χ0v) is 14.3. The number of ether oxygens (including phenoxy) is 1. The highest BCUT2D eigenvalue weighted by Gasteiger charge is 2.11. The molecule has 23 heavy (non-hydrogen) atoms. The van der Waals surface area contributed by atoms with Gasteiger partial charge in [0.15, 0.2) is 0 Å². The van der Waals surface area contributed by atoms with Crippen molar-refractivity contribution in [3.05, 3.63) is 24.3 Å². The second-order valence-corrected chi connectivity index (χ2v) is 5.30. The van der Waals surface area contributed by atoms with Crippen molar-refractivity contribution >= 4 is 5.97 Å². The van der Waals surface area contributed by atoms with Crippen molar-refractivity contribution in [2.75, 3.05) is 7.11 Å². The van der Waals surface area contributed by atoms with Crippen molar-refractivity contribution in [3.63, 3.8) is 0 Å². The Labute approximate surface area is 140 Å². The van der Waals surface area contributed by atoms with Crippen molar-refractivity contribution in [2.24, 2.45) is 0 Å². The molecule has 0 aromatic heterocycles. The third kappa shape index (κ3) is 13.8. The normalized spacial score (nSPS) is 13.7. The van der Waals surface area contributed by atoms with Gasteiger partial charge in [-0.3, -0.25) is 4.79 Å². The van der Waals surface area contributed by atoms with Gasteiger partial charge in [0.25, 0.3) is 0 Å². The number of esters is 1. The van der Waals surface area contributed by atoms with Gasteiger partial charge in [0.2, 0.25) is 0 Å². The van der Waals surface area contributed by atoms with E-state index in [2.05, 4.69) is 16.6 Å². The average molecular weight is 322 g/mol. The Bertz CT molecular complexity index is 415. The summed E-state index contributed by atoms with van der Waals surface area (Å²) >= 11 is 0. The van der Waals surface area contributed by atoms with Gasteiger partial charge in [0, 0.05) is 19.3 Å². The number of unbranched alkanes of at least 4 members (excludes halogenated alkanes) is 2. The van der Waals surface area contributed by atoms with E-state index in [0.29, 0.717) is 19.3 Å². The quantitative estimate of drug-likeness (QED) is 0.265. The molecule has 2 unspecified atom stereocenters. The molecule has 4 heteroatoms. The average Bonchev–Trinajstić information content (AvgIpc) is 2.57. The lowest BCUT2D eigenvalue weighted by molar-refractivity contribution is -0.140. The summed E-state index contributed by atoms with van der Waals surface area (Å²) in [4.78, 5) is 10.9. The molecule has 0 amide bonds. The van der Waals surface area contributed by atoms with Crippen molar-refractivity contribution < 1.29 is 19.7 Å². The predicted octanol–water partition coefficient (Wildman–Crippen LogP) is 3.14. The van der Waals surface area contributed by atoms with Crippen LogP contribution in [0.2, 0.25) is 0 Å². The Hall–Kier alpha value is -1.57. The summed E-state index contributed by atoms with van der Waals surface area (Å²) in [6, 6.07) is 0. The predicted molar refractivity (Wildman–Crippen MR) is 92.7 cm³/mol. The zero-order chi connectivity index (χ0) is 17.3. The maximum atomic E-state index is 10.9. The van der Waals surface area contributed by atoms with Gasteiger partial charge in [-0.25, -0.2) is 0 Å². The largest absolute Gasteiger partial charge is 0.469 e. The summed E-state index contributed by atoms with van der Waals surface area (Å²) in [5.74, 6) is 5.99. The Kier molecular flexibility index (Phi) is 14.3. The molecule has 0 bridgehead atoms. The summed E-state index contributed by atoms with van der Waals surface area (Å²) in [6.07, 6.45) is 12.2. The van der Waals surface area contributed by atoms with E-state index in [-0.39, 0.29) is 5.97 Å². The van der Waals surface area contributed by atoms with Crippen LogP contribution in [-0.2, 0) is 9.53 Å². The standard InChI is InChI=1S/C19H30O4/c1-3-17(20)18(21)15-13-11-9-7-5-4-6-8-10-12-14-16-19(22)23-2/h5,7,11,13,17-18,20-21H,3-4,9-10,12,14-16H2,1-2H3/b7-5-,13-11-. The van der Waals surface area contributed by atoms with Gasteiger partial charge in [-0.2, -0.15) is 0 Å². The molecule has 0 rings (SSSR count). The van der Waals surface area contributed by atoms with Crippen LogP contribution in [0, 0.1) is 11.8 Å². The molecular weight excluding hydrogens is 292 g/mol. The van der Waals surface area contributed by atoms with E-state index in [1.165, 1.54) is 7.11 Å². The van der Waals surface area contributed by atoms with E-state index in [0.717, 1.165) is 32.1 Å². The summed E-state index contributed by atoms with van der Waals surface area (Å²) in [5, 5.41) is 19.0. The maximum absolute atomic E-state index is 10.9. The molecule has 0 heterocycles. The first-order chi connectivity index (χ1) is 11.1. The topological polar surface area (TPSA) is 66.8 Å². The first-order valence-corrected chi connectivity index (χ1v) is 8.30. The minimum absolute atomic E-state index is 0.161. The highest BCUT2D eigenvalue weighted by molar-refractivity contribution is 5.68. The minimum atomic E-state index is -0.676. The number of hydrogen-bond acceptors (Lipinski definition) is 4. The van der Waals surface area contributed by atoms with Crippen LogP contribution in [-0.4, -0.2) is 35.5 Å². The van der Waals surface area contributed by atoms with E-state index in [1.807, 2.05) is 31.2 Å². The fraction of sp³-hybridized carbons (Fsp3) is 0.632. The Balaban J connectivity index is 3.58. The van der Waals surface area contributed by atoms with Crippen LogP contribution in [0.5, 0.6) is 0 Å². The minimum Gasteiger partial charge on any atom is -0.469 e. The molecule has 0 aliphatic rings. The van der Waals surface area contributed by atoms with Crippen LogP contribution < -0.4 is 0 Å². The Morgan fingerprint density at radius 3 is 2.52 bits per heavy atom. The smallest absolute Gasteiger partial charge is 0.305 e.